The molecule has 0 amide bonds. The summed E-state index contributed by atoms with van der Waals surface area (Å²) < 4.78 is 0.431. The highest BCUT2D eigenvalue weighted by Gasteiger charge is 1.91. The third-order valence-electron chi connectivity index (χ3n) is 0.678. The summed E-state index contributed by atoms with van der Waals surface area (Å²) in [5.74, 6) is 0.0486. The maximum Gasteiger partial charge on any atom is 0.156 e. The molecular formula is C5H3BrNO. The zero-order chi connectivity index (χ0) is 5.98. The lowest BCUT2D eigenvalue weighted by atomic mass is 10.5. The highest BCUT2D eigenvalue weighted by atomic mass is 79.9. The largest absolute Gasteiger partial charge is 0.505 e. The Bertz CT molecular complexity index is 169. The van der Waals surface area contributed by atoms with E-state index in [9.17, 15) is 0 Å². The molecule has 3 heteroatoms. The lowest BCUT2D eigenvalue weighted by Gasteiger charge is -1.88. The Balaban J connectivity index is 3.13. The fourth-order valence-electron chi connectivity index (χ4n) is 0.340. The molecule has 0 fully saturated rings. The van der Waals surface area contributed by atoms with Crippen LogP contribution in [0.3, 0.4) is 0 Å². The van der Waals surface area contributed by atoms with Gasteiger partial charge in [-0.1, -0.05) is 0 Å². The molecule has 1 heterocycles. The first kappa shape index (κ1) is 5.56. The Morgan fingerprint density at radius 1 is 1.75 bits per heavy atom. The number of rotatable bonds is 0. The van der Waals surface area contributed by atoms with Crippen LogP contribution in [0, 0.1) is 6.07 Å². The number of pyridine rings is 1. The second-order valence-electron chi connectivity index (χ2n) is 1.23. The first-order valence-corrected chi connectivity index (χ1v) is 2.81. The van der Waals surface area contributed by atoms with Crippen molar-refractivity contribution in [2.24, 2.45) is 0 Å². The molecule has 0 bridgehead atoms. The van der Waals surface area contributed by atoms with E-state index in [0.29, 0.717) is 4.60 Å². The molecule has 0 unspecified atom stereocenters. The molecular weight excluding hydrogens is 170 g/mol. The number of halogens is 1. The van der Waals surface area contributed by atoms with E-state index in [1.54, 1.807) is 12.3 Å². The van der Waals surface area contributed by atoms with Gasteiger partial charge in [0.15, 0.2) is 5.75 Å². The van der Waals surface area contributed by atoms with Gasteiger partial charge in [0.25, 0.3) is 0 Å². The minimum absolute atomic E-state index is 0.0486. The van der Waals surface area contributed by atoms with E-state index in [2.05, 4.69) is 27.0 Å². The molecule has 1 N–H and O–H groups in total. The molecule has 0 aliphatic carbocycles. The van der Waals surface area contributed by atoms with Gasteiger partial charge in [-0.15, -0.1) is 0 Å². The van der Waals surface area contributed by atoms with Crippen LogP contribution in [0.1, 0.15) is 0 Å². The molecule has 0 aromatic carbocycles. The maximum atomic E-state index is 8.75. The lowest BCUT2D eigenvalue weighted by molar-refractivity contribution is 0.467. The van der Waals surface area contributed by atoms with Crippen LogP contribution < -0.4 is 0 Å². The van der Waals surface area contributed by atoms with Gasteiger partial charge in [-0.25, -0.2) is 4.98 Å². The van der Waals surface area contributed by atoms with Crippen LogP contribution in [0.2, 0.25) is 0 Å². The van der Waals surface area contributed by atoms with Crippen molar-refractivity contribution < 1.29 is 5.11 Å². The summed E-state index contributed by atoms with van der Waals surface area (Å²) in [5.41, 5.74) is 0. The standard InChI is InChI=1S/C5H3BrNO/c6-5-4(8)2-1-3-7-5/h1,3,8H. The second kappa shape index (κ2) is 2.13. The molecule has 1 aromatic rings. The lowest BCUT2D eigenvalue weighted by Crippen LogP contribution is -1.71. The van der Waals surface area contributed by atoms with Crippen LogP contribution in [-0.2, 0) is 0 Å². The molecule has 2 nitrogen and oxygen atoms in total. The number of aromatic nitrogens is 1. The van der Waals surface area contributed by atoms with Gasteiger partial charge in [-0.3, -0.25) is 0 Å². The van der Waals surface area contributed by atoms with Crippen molar-refractivity contribution in [2.75, 3.05) is 0 Å². The molecule has 0 spiro atoms. The van der Waals surface area contributed by atoms with Crippen molar-refractivity contribution in [3.63, 3.8) is 0 Å². The van der Waals surface area contributed by atoms with E-state index >= 15 is 0 Å². The zero-order valence-corrected chi connectivity index (χ0v) is 5.51. The summed E-state index contributed by atoms with van der Waals surface area (Å²) in [7, 11) is 0. The molecule has 0 atom stereocenters. The molecule has 0 saturated heterocycles. The number of nitrogens with zero attached hydrogens (tertiary/aromatic N) is 1. The van der Waals surface area contributed by atoms with E-state index in [-0.39, 0.29) is 5.75 Å². The molecule has 0 aliphatic heterocycles. The summed E-state index contributed by atoms with van der Waals surface area (Å²) in [5, 5.41) is 8.75. The Morgan fingerprint density at radius 2 is 2.50 bits per heavy atom. The summed E-state index contributed by atoms with van der Waals surface area (Å²) in [6, 6.07) is 4.09. The van der Waals surface area contributed by atoms with Crippen LogP contribution in [0.4, 0.5) is 0 Å². The van der Waals surface area contributed by atoms with Crippen molar-refractivity contribution in [2.45, 2.75) is 0 Å². The van der Waals surface area contributed by atoms with Gasteiger partial charge < -0.3 is 5.11 Å². The van der Waals surface area contributed by atoms with E-state index in [1.807, 2.05) is 0 Å². The minimum atomic E-state index is 0.0486. The van der Waals surface area contributed by atoms with E-state index in [4.69, 9.17) is 5.11 Å². The van der Waals surface area contributed by atoms with Crippen LogP contribution in [0.15, 0.2) is 16.9 Å². The first-order valence-electron chi connectivity index (χ1n) is 2.02. The SMILES string of the molecule is Oc1[c]ccnc1Br. The Hall–Kier alpha value is -0.570. The number of hydrogen-bond donors (Lipinski definition) is 1. The fraction of sp³-hybridized carbons (Fsp3) is 0. The molecule has 1 aromatic heterocycles. The van der Waals surface area contributed by atoms with Gasteiger partial charge in [0, 0.05) is 12.3 Å². The van der Waals surface area contributed by atoms with Crippen molar-refractivity contribution in [1.82, 2.24) is 4.98 Å². The monoisotopic (exact) mass is 172 g/mol. The number of aromatic hydroxyl groups is 1. The van der Waals surface area contributed by atoms with Gasteiger partial charge in [0.2, 0.25) is 0 Å². The minimum Gasteiger partial charge on any atom is -0.505 e. The van der Waals surface area contributed by atoms with Gasteiger partial charge in [0.05, 0.1) is 0 Å². The summed E-state index contributed by atoms with van der Waals surface area (Å²) in [6.45, 7) is 0. The highest BCUT2D eigenvalue weighted by molar-refractivity contribution is 9.10. The molecule has 1 radical (unpaired) electrons. The Labute approximate surface area is 55.3 Å². The third-order valence-corrected chi connectivity index (χ3v) is 1.26. The summed E-state index contributed by atoms with van der Waals surface area (Å²) in [6.07, 6.45) is 1.55. The first-order chi connectivity index (χ1) is 3.80. The molecule has 1 rings (SSSR count). The highest BCUT2D eigenvalue weighted by Crippen LogP contribution is 2.17. The molecule has 0 saturated carbocycles. The van der Waals surface area contributed by atoms with Crippen LogP contribution in [0.25, 0.3) is 0 Å². The van der Waals surface area contributed by atoms with Crippen molar-refractivity contribution in [3.8, 4) is 5.75 Å². The van der Waals surface area contributed by atoms with E-state index in [1.165, 1.54) is 0 Å². The van der Waals surface area contributed by atoms with Gasteiger partial charge in [0.1, 0.15) is 4.60 Å². The Morgan fingerprint density at radius 3 is 2.88 bits per heavy atom. The van der Waals surface area contributed by atoms with Gasteiger partial charge >= 0.3 is 0 Å². The smallest absolute Gasteiger partial charge is 0.156 e. The zero-order valence-electron chi connectivity index (χ0n) is 3.93. The van der Waals surface area contributed by atoms with E-state index in [0.717, 1.165) is 0 Å². The van der Waals surface area contributed by atoms with Gasteiger partial charge in [-0.2, -0.15) is 0 Å². The predicted molar refractivity (Wildman–Crippen MR) is 32.4 cm³/mol. The molecule has 41 valence electrons. The topological polar surface area (TPSA) is 33.1 Å². The average Bonchev–Trinajstić information content (AvgIpc) is 1.77. The van der Waals surface area contributed by atoms with Crippen molar-refractivity contribution in [3.05, 3.63) is 22.9 Å². The fourth-order valence-corrected chi connectivity index (χ4v) is 0.572. The van der Waals surface area contributed by atoms with E-state index < -0.39 is 0 Å². The average molecular weight is 173 g/mol. The summed E-state index contributed by atoms with van der Waals surface area (Å²) in [4.78, 5) is 3.71. The molecule has 8 heavy (non-hydrogen) atoms. The maximum absolute atomic E-state index is 8.75. The predicted octanol–water partition coefficient (Wildman–Crippen LogP) is 1.35. The summed E-state index contributed by atoms with van der Waals surface area (Å²) >= 11 is 3.00. The normalized spacial score (nSPS) is 9.12. The molecule has 0 aliphatic rings. The second-order valence-corrected chi connectivity index (χ2v) is 1.98. The number of hydrogen-bond acceptors (Lipinski definition) is 2. The van der Waals surface area contributed by atoms with Crippen LogP contribution in [-0.4, -0.2) is 10.1 Å². The van der Waals surface area contributed by atoms with Crippen molar-refractivity contribution >= 4 is 15.9 Å². The van der Waals surface area contributed by atoms with Crippen LogP contribution in [0.5, 0.6) is 5.75 Å². The van der Waals surface area contributed by atoms with Crippen LogP contribution >= 0.6 is 15.9 Å². The van der Waals surface area contributed by atoms with Gasteiger partial charge in [-0.05, 0) is 22.0 Å². The quantitative estimate of drug-likeness (QED) is 0.600. The van der Waals surface area contributed by atoms with Crippen molar-refractivity contribution in [1.29, 1.82) is 0 Å². The third kappa shape index (κ3) is 0.980. The Kier molecular flexibility index (Phi) is 1.48.